The fraction of sp³-hybridized carbons (Fsp3) is 0.241. The molecule has 3 aromatic carbocycles. The summed E-state index contributed by atoms with van der Waals surface area (Å²) in [5, 5.41) is 0.449. The van der Waals surface area contributed by atoms with Gasteiger partial charge in [-0.15, -0.1) is 5.06 Å². The van der Waals surface area contributed by atoms with Gasteiger partial charge in [-0.05, 0) is 79.7 Å². The van der Waals surface area contributed by atoms with Crippen molar-refractivity contribution in [3.63, 3.8) is 0 Å². The van der Waals surface area contributed by atoms with Gasteiger partial charge in [0.15, 0.2) is 5.75 Å². The van der Waals surface area contributed by atoms with E-state index in [4.69, 9.17) is 9.57 Å². The molecule has 0 aromatic heterocycles. The predicted molar refractivity (Wildman–Crippen MR) is 161 cm³/mol. The Morgan fingerprint density at radius 1 is 0.957 bits per heavy atom. The Morgan fingerprint density at radius 2 is 1.57 bits per heavy atom. The number of halogens is 5. The van der Waals surface area contributed by atoms with Crippen molar-refractivity contribution in [1.82, 2.24) is 5.06 Å². The van der Waals surface area contributed by atoms with Gasteiger partial charge >= 0.3 is 27.6 Å². The van der Waals surface area contributed by atoms with Crippen molar-refractivity contribution < 1.29 is 54.5 Å². The Bertz CT molecular complexity index is 1850. The van der Waals surface area contributed by atoms with E-state index in [9.17, 15) is 40.8 Å². The quantitative estimate of drug-likeness (QED) is 0.0906. The van der Waals surface area contributed by atoms with E-state index in [2.05, 4.69) is 36.0 Å². The molecule has 0 aliphatic carbocycles. The summed E-state index contributed by atoms with van der Waals surface area (Å²) in [6, 6.07) is 13.5. The molecule has 46 heavy (non-hydrogen) atoms. The second-order valence-electron chi connectivity index (χ2n) is 10.1. The molecule has 2 amide bonds. The van der Waals surface area contributed by atoms with E-state index in [0.29, 0.717) is 21.9 Å². The second kappa shape index (κ2) is 12.7. The zero-order valence-corrected chi connectivity index (χ0v) is 27.5. The fourth-order valence-electron chi connectivity index (χ4n) is 4.99. The Hall–Kier alpha value is -3.96. The van der Waals surface area contributed by atoms with Crippen LogP contribution in [0.25, 0.3) is 0 Å². The minimum absolute atomic E-state index is 0.0103. The molecule has 0 saturated carbocycles. The standard InChI is InChI=1S/C29H21Br2F3N2O9S/c1-35-19-6-3-2-5-16(19)25(26-20(35)7-4-8-21(26)45-46(41,42)29(32,33)34)28(40)43-27-17(30)13-15(14-18(27)31)9-12-24(39)44-36-22(37)10-11-23(36)38/h2-8,13-14,25H,9-12H2,1H3. The number of fused-ring (bicyclic) bond motifs is 2. The van der Waals surface area contributed by atoms with Gasteiger partial charge in [0.2, 0.25) is 0 Å². The fourth-order valence-corrected chi connectivity index (χ4v) is 6.91. The van der Waals surface area contributed by atoms with Crippen LogP contribution in [0.2, 0.25) is 0 Å². The number of alkyl halides is 3. The first-order valence-electron chi connectivity index (χ1n) is 13.3. The topological polar surface area (TPSA) is 137 Å². The van der Waals surface area contributed by atoms with Crippen molar-refractivity contribution in [2.75, 3.05) is 11.9 Å². The van der Waals surface area contributed by atoms with Crippen molar-refractivity contribution >= 4 is 77.1 Å². The number of hydroxylamine groups is 2. The zero-order valence-electron chi connectivity index (χ0n) is 23.5. The number of aryl methyl sites for hydroxylation is 1. The molecular formula is C29H21Br2F3N2O9S. The molecule has 1 unspecified atom stereocenters. The summed E-state index contributed by atoms with van der Waals surface area (Å²) < 4.78 is 74.6. The minimum Gasteiger partial charge on any atom is -0.423 e. The van der Waals surface area contributed by atoms with Crippen LogP contribution in [0.4, 0.5) is 24.5 Å². The molecule has 0 radical (unpaired) electrons. The molecule has 1 atom stereocenters. The summed E-state index contributed by atoms with van der Waals surface area (Å²) in [5.41, 5.74) is -4.25. The van der Waals surface area contributed by atoms with Gasteiger partial charge in [-0.25, -0.2) is 4.79 Å². The first kappa shape index (κ1) is 33.4. The summed E-state index contributed by atoms with van der Waals surface area (Å²) in [4.78, 5) is 56.0. The summed E-state index contributed by atoms with van der Waals surface area (Å²) in [6.45, 7) is 0. The number of hydrogen-bond donors (Lipinski definition) is 0. The molecule has 242 valence electrons. The lowest BCUT2D eigenvalue weighted by molar-refractivity contribution is -0.197. The highest BCUT2D eigenvalue weighted by atomic mass is 79.9. The average molecular weight is 790 g/mol. The molecular weight excluding hydrogens is 769 g/mol. The summed E-state index contributed by atoms with van der Waals surface area (Å²) >= 11 is 6.67. The van der Waals surface area contributed by atoms with Crippen molar-refractivity contribution in [3.05, 3.63) is 80.2 Å². The van der Waals surface area contributed by atoms with Gasteiger partial charge in [0.05, 0.1) is 15.4 Å². The molecule has 1 fully saturated rings. The van der Waals surface area contributed by atoms with E-state index in [1.165, 1.54) is 12.1 Å². The second-order valence-corrected chi connectivity index (χ2v) is 13.3. The maximum Gasteiger partial charge on any atom is 0.534 e. The monoisotopic (exact) mass is 788 g/mol. The van der Waals surface area contributed by atoms with Crippen molar-refractivity contribution in [2.24, 2.45) is 0 Å². The SMILES string of the molecule is CN1c2ccccc2C(C(=O)Oc2c(Br)cc(CCC(=O)ON3C(=O)CCC3=O)cc2Br)c2c(OS(=O)(=O)C(F)(F)F)cccc21. The van der Waals surface area contributed by atoms with Crippen LogP contribution in [0.15, 0.2) is 63.5 Å². The van der Waals surface area contributed by atoms with Gasteiger partial charge in [-0.1, -0.05) is 24.3 Å². The van der Waals surface area contributed by atoms with Crippen molar-refractivity contribution in [2.45, 2.75) is 37.1 Å². The summed E-state index contributed by atoms with van der Waals surface area (Å²) in [5.74, 6) is -5.10. The van der Waals surface area contributed by atoms with E-state index in [-0.39, 0.29) is 51.6 Å². The number of rotatable bonds is 8. The smallest absolute Gasteiger partial charge is 0.423 e. The van der Waals surface area contributed by atoms with Crippen LogP contribution in [0.1, 0.15) is 41.9 Å². The van der Waals surface area contributed by atoms with Gasteiger partial charge in [-0.2, -0.15) is 21.6 Å². The van der Waals surface area contributed by atoms with E-state index in [1.54, 1.807) is 48.3 Å². The van der Waals surface area contributed by atoms with Crippen LogP contribution in [0.3, 0.4) is 0 Å². The van der Waals surface area contributed by atoms with Gasteiger partial charge in [0.25, 0.3) is 11.8 Å². The molecule has 2 heterocycles. The van der Waals surface area contributed by atoms with Crippen molar-refractivity contribution in [1.29, 1.82) is 0 Å². The third-order valence-electron chi connectivity index (χ3n) is 7.10. The molecule has 0 bridgehead atoms. The maximum absolute atomic E-state index is 13.9. The zero-order chi connectivity index (χ0) is 33.6. The Balaban J connectivity index is 1.42. The van der Waals surface area contributed by atoms with Gasteiger partial charge in [0.1, 0.15) is 11.7 Å². The Labute approximate surface area is 276 Å². The average Bonchev–Trinajstić information content (AvgIpc) is 3.30. The lowest BCUT2D eigenvalue weighted by atomic mass is 9.84. The van der Waals surface area contributed by atoms with Crippen LogP contribution in [0, 0.1) is 0 Å². The lowest BCUT2D eigenvalue weighted by Gasteiger charge is -2.35. The maximum atomic E-state index is 13.9. The van der Waals surface area contributed by atoms with E-state index in [1.807, 2.05) is 0 Å². The number of esters is 1. The first-order chi connectivity index (χ1) is 21.6. The molecule has 2 aliphatic rings. The summed E-state index contributed by atoms with van der Waals surface area (Å²) in [6.07, 6.45) is -0.157. The molecule has 5 rings (SSSR count). The number of anilines is 2. The predicted octanol–water partition coefficient (Wildman–Crippen LogP) is 5.80. The van der Waals surface area contributed by atoms with Gasteiger partial charge in [-0.3, -0.25) is 14.4 Å². The van der Waals surface area contributed by atoms with Gasteiger partial charge < -0.3 is 18.7 Å². The van der Waals surface area contributed by atoms with Crippen LogP contribution in [-0.4, -0.2) is 49.8 Å². The van der Waals surface area contributed by atoms with Crippen LogP contribution in [0.5, 0.6) is 11.5 Å². The van der Waals surface area contributed by atoms with E-state index >= 15 is 0 Å². The number of para-hydroxylation sites is 1. The minimum atomic E-state index is -6.08. The highest BCUT2D eigenvalue weighted by Crippen LogP contribution is 2.50. The molecule has 17 heteroatoms. The molecule has 1 saturated heterocycles. The van der Waals surface area contributed by atoms with Gasteiger partial charge in [0, 0.05) is 36.8 Å². The highest BCUT2D eigenvalue weighted by molar-refractivity contribution is 9.11. The molecule has 3 aromatic rings. The van der Waals surface area contributed by atoms with E-state index in [0.717, 1.165) is 6.07 Å². The van der Waals surface area contributed by atoms with E-state index < -0.39 is 51.0 Å². The molecule has 0 N–H and O–H groups in total. The Morgan fingerprint density at radius 3 is 2.20 bits per heavy atom. The highest BCUT2D eigenvalue weighted by Gasteiger charge is 2.50. The summed E-state index contributed by atoms with van der Waals surface area (Å²) in [7, 11) is -4.48. The number of amides is 2. The number of carbonyl (C=O) groups is 4. The molecule has 2 aliphatic heterocycles. The number of ether oxygens (including phenoxy) is 1. The molecule has 11 nitrogen and oxygen atoms in total. The van der Waals surface area contributed by atoms with Crippen LogP contribution >= 0.6 is 31.9 Å². The normalized spacial score (nSPS) is 16.2. The number of hydrogen-bond acceptors (Lipinski definition) is 10. The first-order valence-corrected chi connectivity index (χ1v) is 16.3. The number of imide groups is 1. The third-order valence-corrected chi connectivity index (χ3v) is 9.24. The number of nitrogens with zero attached hydrogens (tertiary/aromatic N) is 2. The number of benzene rings is 3. The van der Waals surface area contributed by atoms with Crippen LogP contribution in [-0.2, 0) is 40.6 Å². The van der Waals surface area contributed by atoms with Crippen LogP contribution < -0.4 is 13.8 Å². The van der Waals surface area contributed by atoms with Crippen molar-refractivity contribution in [3.8, 4) is 11.5 Å². The lowest BCUT2D eigenvalue weighted by Crippen LogP contribution is -2.32. The third kappa shape index (κ3) is 6.48. The largest absolute Gasteiger partial charge is 0.534 e. The molecule has 0 spiro atoms. The Kier molecular flexibility index (Phi) is 9.21. The number of carbonyl (C=O) groups excluding carboxylic acids is 4.